The lowest BCUT2D eigenvalue weighted by molar-refractivity contribution is -0.135. The van der Waals surface area contributed by atoms with Crippen LogP contribution >= 0.6 is 31.9 Å². The number of carboxylic acids is 1. The SMILES string of the molecule is CCn1c(NC(C)=O)nc2ccc(Oc3c(Br)cc(C(=O)NCC(=O)O)cc3Br)cc21. The summed E-state index contributed by atoms with van der Waals surface area (Å²) in [5, 5.41) is 13.7. The lowest BCUT2D eigenvalue weighted by atomic mass is 10.2. The van der Waals surface area contributed by atoms with Gasteiger partial charge >= 0.3 is 5.97 Å². The molecule has 3 rings (SSSR count). The molecule has 0 saturated carbocycles. The molecule has 31 heavy (non-hydrogen) atoms. The fourth-order valence-corrected chi connectivity index (χ4v) is 4.25. The number of aromatic nitrogens is 2. The number of rotatable bonds is 7. The molecule has 0 bridgehead atoms. The van der Waals surface area contributed by atoms with Crippen molar-refractivity contribution in [2.24, 2.45) is 0 Å². The molecule has 0 saturated heterocycles. The molecule has 1 heterocycles. The van der Waals surface area contributed by atoms with Crippen molar-refractivity contribution in [3.63, 3.8) is 0 Å². The number of anilines is 1. The van der Waals surface area contributed by atoms with E-state index in [9.17, 15) is 14.4 Å². The predicted molar refractivity (Wildman–Crippen MR) is 122 cm³/mol. The molecule has 2 amide bonds. The summed E-state index contributed by atoms with van der Waals surface area (Å²) in [6.07, 6.45) is 0. The van der Waals surface area contributed by atoms with Gasteiger partial charge in [0, 0.05) is 25.1 Å². The number of ether oxygens (including phenoxy) is 1. The molecule has 9 nitrogen and oxygen atoms in total. The molecule has 0 atom stereocenters. The summed E-state index contributed by atoms with van der Waals surface area (Å²) < 4.78 is 8.90. The van der Waals surface area contributed by atoms with Gasteiger partial charge in [-0.1, -0.05) is 0 Å². The highest BCUT2D eigenvalue weighted by Gasteiger charge is 2.16. The molecular formula is C20H18Br2N4O5. The third-order valence-corrected chi connectivity index (χ3v) is 5.38. The quantitative estimate of drug-likeness (QED) is 0.404. The van der Waals surface area contributed by atoms with Crippen molar-refractivity contribution in [2.75, 3.05) is 11.9 Å². The van der Waals surface area contributed by atoms with Crippen LogP contribution in [0.4, 0.5) is 5.95 Å². The normalized spacial score (nSPS) is 10.7. The molecule has 0 fully saturated rings. The van der Waals surface area contributed by atoms with E-state index in [0.29, 0.717) is 38.5 Å². The number of fused-ring (bicyclic) bond motifs is 1. The molecule has 11 heteroatoms. The van der Waals surface area contributed by atoms with Gasteiger partial charge in [-0.05, 0) is 63.0 Å². The Morgan fingerprint density at radius 1 is 1.16 bits per heavy atom. The van der Waals surface area contributed by atoms with E-state index in [1.165, 1.54) is 6.92 Å². The van der Waals surface area contributed by atoms with Gasteiger partial charge in [0.1, 0.15) is 12.3 Å². The molecule has 3 N–H and O–H groups in total. The van der Waals surface area contributed by atoms with E-state index in [0.717, 1.165) is 5.52 Å². The van der Waals surface area contributed by atoms with Crippen molar-refractivity contribution in [3.05, 3.63) is 44.8 Å². The summed E-state index contributed by atoms with van der Waals surface area (Å²) in [4.78, 5) is 38.6. The second-order valence-corrected chi connectivity index (χ2v) is 8.17. The van der Waals surface area contributed by atoms with Crippen molar-refractivity contribution in [2.45, 2.75) is 20.4 Å². The molecule has 0 aliphatic heterocycles. The van der Waals surface area contributed by atoms with Gasteiger partial charge in [-0.25, -0.2) is 4.98 Å². The number of nitrogens with zero attached hydrogens (tertiary/aromatic N) is 2. The number of aryl methyl sites for hydroxylation is 1. The molecule has 1 aromatic heterocycles. The van der Waals surface area contributed by atoms with E-state index < -0.39 is 18.4 Å². The number of hydrogen-bond acceptors (Lipinski definition) is 5. The summed E-state index contributed by atoms with van der Waals surface area (Å²) >= 11 is 6.79. The van der Waals surface area contributed by atoms with Crippen LogP contribution in [-0.4, -0.2) is 39.0 Å². The smallest absolute Gasteiger partial charge is 0.322 e. The van der Waals surface area contributed by atoms with Crippen molar-refractivity contribution in [3.8, 4) is 11.5 Å². The number of hydrogen-bond donors (Lipinski definition) is 3. The average Bonchev–Trinajstić information content (AvgIpc) is 3.04. The number of nitrogens with one attached hydrogen (secondary N) is 2. The van der Waals surface area contributed by atoms with Crippen LogP contribution in [0.1, 0.15) is 24.2 Å². The first kappa shape index (κ1) is 22.8. The van der Waals surface area contributed by atoms with E-state index in [1.54, 1.807) is 24.3 Å². The summed E-state index contributed by atoms with van der Waals surface area (Å²) in [6, 6.07) is 8.43. The molecule has 0 radical (unpaired) electrons. The van der Waals surface area contributed by atoms with Gasteiger partial charge in [0.2, 0.25) is 11.9 Å². The van der Waals surface area contributed by atoms with Crippen LogP contribution in [-0.2, 0) is 16.1 Å². The van der Waals surface area contributed by atoms with Gasteiger partial charge in [0.25, 0.3) is 5.91 Å². The Morgan fingerprint density at radius 3 is 2.42 bits per heavy atom. The highest BCUT2D eigenvalue weighted by Crippen LogP contribution is 2.38. The Bertz CT molecular complexity index is 1170. The molecular weight excluding hydrogens is 536 g/mol. The summed E-state index contributed by atoms with van der Waals surface area (Å²) in [5.41, 5.74) is 1.77. The van der Waals surface area contributed by atoms with Crippen LogP contribution < -0.4 is 15.4 Å². The first-order valence-electron chi connectivity index (χ1n) is 9.14. The zero-order valence-corrected chi connectivity index (χ0v) is 19.7. The lowest BCUT2D eigenvalue weighted by Gasteiger charge is -2.12. The number of aliphatic carboxylic acids is 1. The van der Waals surface area contributed by atoms with Crippen molar-refractivity contribution >= 4 is 66.6 Å². The molecule has 2 aromatic carbocycles. The zero-order chi connectivity index (χ0) is 22.7. The van der Waals surface area contributed by atoms with Gasteiger partial charge in [-0.2, -0.15) is 0 Å². The fraction of sp³-hybridized carbons (Fsp3) is 0.200. The number of carbonyl (C=O) groups excluding carboxylic acids is 2. The van der Waals surface area contributed by atoms with Crippen LogP contribution in [0.3, 0.4) is 0 Å². The van der Waals surface area contributed by atoms with Crippen molar-refractivity contribution < 1.29 is 24.2 Å². The number of carboxylic acid groups (broad SMARTS) is 1. The van der Waals surface area contributed by atoms with Crippen LogP contribution in [0, 0.1) is 0 Å². The minimum Gasteiger partial charge on any atom is -0.480 e. The van der Waals surface area contributed by atoms with E-state index in [-0.39, 0.29) is 11.5 Å². The summed E-state index contributed by atoms with van der Waals surface area (Å²) in [6.45, 7) is 3.50. The number of benzene rings is 2. The Labute approximate surface area is 194 Å². The number of carbonyl (C=O) groups is 3. The first-order valence-corrected chi connectivity index (χ1v) is 10.7. The van der Waals surface area contributed by atoms with E-state index in [1.807, 2.05) is 17.6 Å². The second-order valence-electron chi connectivity index (χ2n) is 6.46. The lowest BCUT2D eigenvalue weighted by Crippen LogP contribution is -2.29. The highest BCUT2D eigenvalue weighted by atomic mass is 79.9. The van der Waals surface area contributed by atoms with Crippen LogP contribution in [0.5, 0.6) is 11.5 Å². The highest BCUT2D eigenvalue weighted by molar-refractivity contribution is 9.11. The summed E-state index contributed by atoms with van der Waals surface area (Å²) in [5.74, 6) is -0.424. The minimum absolute atomic E-state index is 0.207. The Hall–Kier alpha value is -2.92. The monoisotopic (exact) mass is 552 g/mol. The first-order chi connectivity index (χ1) is 14.7. The zero-order valence-electron chi connectivity index (χ0n) is 16.5. The largest absolute Gasteiger partial charge is 0.480 e. The Kier molecular flexibility index (Phi) is 6.96. The van der Waals surface area contributed by atoms with Gasteiger partial charge in [-0.3, -0.25) is 19.7 Å². The number of imidazole rings is 1. The Morgan fingerprint density at radius 2 is 1.84 bits per heavy atom. The van der Waals surface area contributed by atoms with E-state index >= 15 is 0 Å². The van der Waals surface area contributed by atoms with Crippen molar-refractivity contribution in [1.29, 1.82) is 0 Å². The van der Waals surface area contributed by atoms with Crippen LogP contribution in [0.25, 0.3) is 11.0 Å². The molecule has 3 aromatic rings. The van der Waals surface area contributed by atoms with Crippen LogP contribution in [0.2, 0.25) is 0 Å². The van der Waals surface area contributed by atoms with Gasteiger partial charge < -0.3 is 19.7 Å². The summed E-state index contributed by atoms with van der Waals surface area (Å²) in [7, 11) is 0. The average molecular weight is 554 g/mol. The molecule has 162 valence electrons. The third kappa shape index (κ3) is 5.23. The molecule has 0 aliphatic rings. The minimum atomic E-state index is -1.13. The maximum Gasteiger partial charge on any atom is 0.322 e. The van der Waals surface area contributed by atoms with E-state index in [4.69, 9.17) is 9.84 Å². The maximum absolute atomic E-state index is 12.1. The standard InChI is InChI=1S/C20H18Br2N4O5/c1-3-26-16-8-12(4-5-15(16)25-20(26)24-10(2)27)31-18-13(21)6-11(7-14(18)22)19(30)23-9-17(28)29/h4-8H,3,9H2,1-2H3,(H,23,30)(H,28,29)(H,24,25,27). The fourth-order valence-electron chi connectivity index (χ4n) is 2.90. The topological polar surface area (TPSA) is 123 Å². The van der Waals surface area contributed by atoms with Crippen LogP contribution in [0.15, 0.2) is 39.3 Å². The maximum atomic E-state index is 12.1. The third-order valence-electron chi connectivity index (χ3n) is 4.20. The number of halogens is 2. The predicted octanol–water partition coefficient (Wildman–Crippen LogP) is 4.15. The molecule has 0 unspecified atom stereocenters. The van der Waals surface area contributed by atoms with Gasteiger partial charge in [0.15, 0.2) is 5.75 Å². The molecule has 0 aliphatic carbocycles. The van der Waals surface area contributed by atoms with E-state index in [2.05, 4.69) is 47.5 Å². The second kappa shape index (κ2) is 9.48. The van der Waals surface area contributed by atoms with Crippen molar-refractivity contribution in [1.82, 2.24) is 14.9 Å². The van der Waals surface area contributed by atoms with Gasteiger partial charge in [0.05, 0.1) is 20.0 Å². The number of amides is 2. The molecule has 0 spiro atoms. The van der Waals surface area contributed by atoms with Gasteiger partial charge in [-0.15, -0.1) is 0 Å². The Balaban J connectivity index is 1.90.